The van der Waals surface area contributed by atoms with E-state index in [1.807, 2.05) is 23.6 Å². The Morgan fingerprint density at radius 3 is 2.94 bits per heavy atom. The highest BCUT2D eigenvalue weighted by atomic mass is 32.1. The first-order chi connectivity index (χ1) is 8.29. The molecule has 0 fully saturated rings. The fourth-order valence-corrected chi connectivity index (χ4v) is 2.64. The molecule has 0 spiro atoms. The minimum atomic E-state index is -0.335. The van der Waals surface area contributed by atoms with E-state index in [9.17, 15) is 4.39 Å². The third-order valence-corrected chi connectivity index (χ3v) is 3.64. The molecule has 0 amide bonds. The third-order valence-electron chi connectivity index (χ3n) is 2.69. The molecular weight excluding hydrogens is 237 g/mol. The van der Waals surface area contributed by atoms with E-state index in [-0.39, 0.29) is 5.82 Å². The maximum Gasteiger partial charge on any atom is 0.170 e. The largest absolute Gasteiger partial charge is 0.453 e. The molecule has 1 aromatic carbocycles. The van der Waals surface area contributed by atoms with E-state index in [1.54, 1.807) is 17.4 Å². The Kier molecular flexibility index (Phi) is 2.46. The highest BCUT2D eigenvalue weighted by molar-refractivity contribution is 7.10. The maximum absolute atomic E-state index is 13.5. The SMILES string of the molecule is NCc1sccc1-c1cc2cccc(F)c2o1. The van der Waals surface area contributed by atoms with Crippen LogP contribution in [0.5, 0.6) is 0 Å². The highest BCUT2D eigenvalue weighted by Crippen LogP contribution is 2.33. The molecule has 0 atom stereocenters. The number of nitrogens with two attached hydrogens (primary N) is 1. The van der Waals surface area contributed by atoms with Gasteiger partial charge in [-0.05, 0) is 23.6 Å². The average molecular weight is 247 g/mol. The van der Waals surface area contributed by atoms with Crippen molar-refractivity contribution in [3.05, 3.63) is 46.4 Å². The van der Waals surface area contributed by atoms with Gasteiger partial charge in [0.05, 0.1) is 0 Å². The lowest BCUT2D eigenvalue weighted by Crippen LogP contribution is -1.94. The Labute approximate surface area is 101 Å². The van der Waals surface area contributed by atoms with Crippen LogP contribution in [0.15, 0.2) is 40.1 Å². The number of hydrogen-bond donors (Lipinski definition) is 1. The van der Waals surface area contributed by atoms with Gasteiger partial charge in [-0.1, -0.05) is 12.1 Å². The number of furan rings is 1. The van der Waals surface area contributed by atoms with Crippen molar-refractivity contribution in [3.63, 3.8) is 0 Å². The lowest BCUT2D eigenvalue weighted by molar-refractivity contribution is 0.568. The molecule has 17 heavy (non-hydrogen) atoms. The molecule has 0 saturated carbocycles. The van der Waals surface area contributed by atoms with Crippen molar-refractivity contribution in [2.24, 2.45) is 5.73 Å². The van der Waals surface area contributed by atoms with Gasteiger partial charge in [0.2, 0.25) is 0 Å². The maximum atomic E-state index is 13.5. The summed E-state index contributed by atoms with van der Waals surface area (Å²) < 4.78 is 19.1. The van der Waals surface area contributed by atoms with Crippen LogP contribution >= 0.6 is 11.3 Å². The van der Waals surface area contributed by atoms with Crippen LogP contribution < -0.4 is 5.73 Å². The van der Waals surface area contributed by atoms with Gasteiger partial charge in [0.15, 0.2) is 11.4 Å². The molecule has 3 rings (SSSR count). The van der Waals surface area contributed by atoms with Crippen LogP contribution in [0.4, 0.5) is 4.39 Å². The van der Waals surface area contributed by atoms with Gasteiger partial charge in [-0.25, -0.2) is 4.39 Å². The van der Waals surface area contributed by atoms with E-state index in [1.165, 1.54) is 6.07 Å². The molecule has 0 aliphatic heterocycles. The van der Waals surface area contributed by atoms with E-state index in [4.69, 9.17) is 10.2 Å². The van der Waals surface area contributed by atoms with Gasteiger partial charge >= 0.3 is 0 Å². The van der Waals surface area contributed by atoms with Crippen molar-refractivity contribution >= 4 is 22.3 Å². The van der Waals surface area contributed by atoms with Crippen molar-refractivity contribution in [1.29, 1.82) is 0 Å². The molecule has 3 aromatic rings. The highest BCUT2D eigenvalue weighted by Gasteiger charge is 2.12. The summed E-state index contributed by atoms with van der Waals surface area (Å²) >= 11 is 1.58. The molecule has 2 heterocycles. The minimum Gasteiger partial charge on any atom is -0.453 e. The Hall–Kier alpha value is -1.65. The molecule has 2 aromatic heterocycles. The van der Waals surface area contributed by atoms with Gasteiger partial charge in [-0.2, -0.15) is 0 Å². The number of hydrogen-bond acceptors (Lipinski definition) is 3. The molecule has 0 bridgehead atoms. The normalized spacial score (nSPS) is 11.2. The number of para-hydroxylation sites is 1. The number of halogens is 1. The first-order valence-electron chi connectivity index (χ1n) is 5.24. The summed E-state index contributed by atoms with van der Waals surface area (Å²) in [5.74, 6) is 0.338. The molecule has 0 aliphatic carbocycles. The van der Waals surface area contributed by atoms with Gasteiger partial charge in [-0.15, -0.1) is 11.3 Å². The van der Waals surface area contributed by atoms with Crippen molar-refractivity contribution in [2.45, 2.75) is 6.54 Å². The van der Waals surface area contributed by atoms with E-state index < -0.39 is 0 Å². The molecule has 2 N–H and O–H groups in total. The zero-order chi connectivity index (χ0) is 11.8. The predicted octanol–water partition coefficient (Wildman–Crippen LogP) is 3.76. The summed E-state index contributed by atoms with van der Waals surface area (Å²) in [6, 6.07) is 8.70. The number of thiophene rings is 1. The lowest BCUT2D eigenvalue weighted by atomic mass is 10.2. The Balaban J connectivity index is 2.22. The number of fused-ring (bicyclic) bond motifs is 1. The van der Waals surface area contributed by atoms with Gasteiger partial charge < -0.3 is 10.2 Å². The summed E-state index contributed by atoms with van der Waals surface area (Å²) in [5, 5.41) is 2.73. The Morgan fingerprint density at radius 1 is 1.29 bits per heavy atom. The summed E-state index contributed by atoms with van der Waals surface area (Å²) in [7, 11) is 0. The molecule has 4 heteroatoms. The van der Waals surface area contributed by atoms with Gasteiger partial charge in [-0.3, -0.25) is 0 Å². The third kappa shape index (κ3) is 1.66. The lowest BCUT2D eigenvalue weighted by Gasteiger charge is -1.96. The quantitative estimate of drug-likeness (QED) is 0.748. The second-order valence-corrected chi connectivity index (χ2v) is 4.73. The molecule has 0 aliphatic rings. The predicted molar refractivity (Wildman–Crippen MR) is 67.4 cm³/mol. The van der Waals surface area contributed by atoms with Crippen LogP contribution in [0.1, 0.15) is 4.88 Å². The average Bonchev–Trinajstić information content (AvgIpc) is 2.94. The molecule has 0 radical (unpaired) electrons. The second-order valence-electron chi connectivity index (χ2n) is 3.73. The van der Waals surface area contributed by atoms with Crippen molar-refractivity contribution < 1.29 is 8.81 Å². The Morgan fingerprint density at radius 2 is 2.18 bits per heavy atom. The monoisotopic (exact) mass is 247 g/mol. The zero-order valence-electron chi connectivity index (χ0n) is 8.94. The first kappa shape index (κ1) is 10.5. The molecule has 0 unspecified atom stereocenters. The summed E-state index contributed by atoms with van der Waals surface area (Å²) in [6.45, 7) is 0.465. The van der Waals surface area contributed by atoms with Crippen LogP contribution in [0.2, 0.25) is 0 Å². The minimum absolute atomic E-state index is 0.302. The van der Waals surface area contributed by atoms with Gasteiger partial charge in [0.25, 0.3) is 0 Å². The summed E-state index contributed by atoms with van der Waals surface area (Å²) in [6.07, 6.45) is 0. The topological polar surface area (TPSA) is 39.2 Å². The van der Waals surface area contributed by atoms with Crippen LogP contribution in [-0.4, -0.2) is 0 Å². The van der Waals surface area contributed by atoms with Crippen molar-refractivity contribution in [2.75, 3.05) is 0 Å². The number of rotatable bonds is 2. The molecule has 2 nitrogen and oxygen atoms in total. The molecule has 86 valence electrons. The van der Waals surface area contributed by atoms with Gasteiger partial charge in [0.1, 0.15) is 5.76 Å². The van der Waals surface area contributed by atoms with E-state index in [2.05, 4.69) is 0 Å². The Bertz CT molecular complexity index is 671. The van der Waals surface area contributed by atoms with E-state index in [0.717, 1.165) is 15.8 Å². The summed E-state index contributed by atoms with van der Waals surface area (Å²) in [5.41, 5.74) is 6.91. The van der Waals surface area contributed by atoms with E-state index in [0.29, 0.717) is 17.9 Å². The summed E-state index contributed by atoms with van der Waals surface area (Å²) in [4.78, 5) is 1.05. The van der Waals surface area contributed by atoms with Crippen molar-refractivity contribution in [1.82, 2.24) is 0 Å². The second kappa shape index (κ2) is 3.98. The fourth-order valence-electron chi connectivity index (χ4n) is 1.88. The van der Waals surface area contributed by atoms with Crippen molar-refractivity contribution in [3.8, 4) is 11.3 Å². The molecular formula is C13H10FNOS. The zero-order valence-corrected chi connectivity index (χ0v) is 9.76. The van der Waals surface area contributed by atoms with Crippen LogP contribution in [0.3, 0.4) is 0 Å². The van der Waals surface area contributed by atoms with Crippen LogP contribution in [0.25, 0.3) is 22.3 Å². The van der Waals surface area contributed by atoms with Crippen LogP contribution in [0, 0.1) is 5.82 Å². The van der Waals surface area contributed by atoms with Gasteiger partial charge in [0, 0.05) is 22.4 Å². The fraction of sp³-hybridized carbons (Fsp3) is 0.0769. The first-order valence-corrected chi connectivity index (χ1v) is 6.12. The number of benzene rings is 1. The molecule has 0 saturated heterocycles. The standard InChI is InChI=1S/C13H10FNOS/c14-10-3-1-2-8-6-11(16-13(8)10)9-4-5-17-12(9)7-15/h1-6H,7,15H2. The van der Waals surface area contributed by atoms with E-state index >= 15 is 0 Å². The smallest absolute Gasteiger partial charge is 0.170 e. The van der Waals surface area contributed by atoms with Crippen LogP contribution in [-0.2, 0) is 6.54 Å².